The van der Waals surface area contributed by atoms with E-state index < -0.39 is 5.41 Å². The van der Waals surface area contributed by atoms with Crippen LogP contribution in [0.4, 0.5) is 0 Å². The van der Waals surface area contributed by atoms with E-state index in [9.17, 15) is 9.59 Å². The van der Waals surface area contributed by atoms with Gasteiger partial charge in [0.05, 0.1) is 5.41 Å². The van der Waals surface area contributed by atoms with Gasteiger partial charge < -0.3 is 16.0 Å². The summed E-state index contributed by atoms with van der Waals surface area (Å²) in [6, 6.07) is -0.310. The van der Waals surface area contributed by atoms with Crippen LogP contribution in [0.5, 0.6) is 0 Å². The Kier molecular flexibility index (Phi) is 3.90. The van der Waals surface area contributed by atoms with Gasteiger partial charge >= 0.3 is 0 Å². The smallest absolute Gasteiger partial charge is 0.242 e. The number of hydrogen-bond donors (Lipinski definition) is 2. The highest BCUT2D eigenvalue weighted by atomic mass is 16.2. The fraction of sp³-hybridized carbons (Fsp3) is 0.846. The van der Waals surface area contributed by atoms with Crippen LogP contribution in [0.1, 0.15) is 39.0 Å². The Morgan fingerprint density at radius 2 is 2.17 bits per heavy atom. The van der Waals surface area contributed by atoms with E-state index in [0.717, 1.165) is 25.7 Å². The molecular weight excluding hydrogens is 230 g/mol. The molecule has 2 fully saturated rings. The largest absolute Gasteiger partial charge is 0.353 e. The third kappa shape index (κ3) is 2.11. The lowest BCUT2D eigenvalue weighted by Crippen LogP contribution is -2.60. The van der Waals surface area contributed by atoms with Gasteiger partial charge in [-0.3, -0.25) is 9.59 Å². The number of hydrogen-bond acceptors (Lipinski definition) is 3. The molecule has 0 radical (unpaired) electrons. The van der Waals surface area contributed by atoms with E-state index in [1.807, 2.05) is 6.92 Å². The predicted molar refractivity (Wildman–Crippen MR) is 68.8 cm³/mol. The van der Waals surface area contributed by atoms with Crippen molar-refractivity contribution in [1.82, 2.24) is 10.2 Å². The Morgan fingerprint density at radius 1 is 1.50 bits per heavy atom. The molecule has 0 aromatic rings. The van der Waals surface area contributed by atoms with Gasteiger partial charge in [-0.05, 0) is 19.3 Å². The summed E-state index contributed by atoms with van der Waals surface area (Å²) in [5, 5.41) is 2.82. The van der Waals surface area contributed by atoms with E-state index in [2.05, 4.69) is 5.32 Å². The van der Waals surface area contributed by atoms with Crippen LogP contribution in [-0.2, 0) is 9.59 Å². The van der Waals surface area contributed by atoms with Gasteiger partial charge in [-0.15, -0.1) is 0 Å². The van der Waals surface area contributed by atoms with Crippen LogP contribution in [0.25, 0.3) is 0 Å². The summed E-state index contributed by atoms with van der Waals surface area (Å²) < 4.78 is 0. The maximum Gasteiger partial charge on any atom is 0.242 e. The van der Waals surface area contributed by atoms with Crippen molar-refractivity contribution in [1.29, 1.82) is 0 Å². The molecule has 1 saturated heterocycles. The number of rotatable bonds is 3. The zero-order valence-electron chi connectivity index (χ0n) is 11.1. The van der Waals surface area contributed by atoms with Crippen molar-refractivity contribution in [2.45, 2.75) is 45.1 Å². The summed E-state index contributed by atoms with van der Waals surface area (Å²) in [6.45, 7) is 3.52. The van der Waals surface area contributed by atoms with Gasteiger partial charge in [-0.2, -0.15) is 0 Å². The first-order valence-electron chi connectivity index (χ1n) is 6.93. The fourth-order valence-electron chi connectivity index (χ4n) is 3.23. The predicted octanol–water partition coefficient (Wildman–Crippen LogP) is 0.243. The SMILES string of the molecule is CCC1C(=O)NCCN1C(=O)C1(CN)CCCC1. The standard InChI is InChI=1S/C13H23N3O2/c1-2-10-11(17)15-7-8-16(10)12(18)13(9-14)5-3-4-6-13/h10H,2-9,14H2,1H3,(H,15,17). The van der Waals surface area contributed by atoms with Crippen LogP contribution < -0.4 is 11.1 Å². The molecule has 1 saturated carbocycles. The van der Waals surface area contributed by atoms with E-state index in [0.29, 0.717) is 26.1 Å². The molecule has 5 heteroatoms. The van der Waals surface area contributed by atoms with Crippen molar-refractivity contribution in [3.05, 3.63) is 0 Å². The van der Waals surface area contributed by atoms with E-state index in [-0.39, 0.29) is 17.9 Å². The lowest BCUT2D eigenvalue weighted by atomic mass is 9.83. The highest BCUT2D eigenvalue weighted by Crippen LogP contribution is 2.39. The molecule has 102 valence electrons. The summed E-state index contributed by atoms with van der Waals surface area (Å²) in [4.78, 5) is 26.3. The zero-order chi connectivity index (χ0) is 13.2. The van der Waals surface area contributed by atoms with Crippen LogP contribution in [-0.4, -0.2) is 42.4 Å². The van der Waals surface area contributed by atoms with Gasteiger partial charge in [0.15, 0.2) is 0 Å². The number of carbonyl (C=O) groups is 2. The molecule has 18 heavy (non-hydrogen) atoms. The molecule has 2 aliphatic rings. The van der Waals surface area contributed by atoms with Gasteiger partial charge in [-0.25, -0.2) is 0 Å². The molecule has 1 unspecified atom stereocenters. The van der Waals surface area contributed by atoms with Crippen molar-refractivity contribution in [2.75, 3.05) is 19.6 Å². The lowest BCUT2D eigenvalue weighted by molar-refractivity contribution is -0.150. The van der Waals surface area contributed by atoms with E-state index in [1.54, 1.807) is 4.90 Å². The average molecular weight is 253 g/mol. The molecule has 2 amide bonds. The van der Waals surface area contributed by atoms with Crippen LogP contribution >= 0.6 is 0 Å². The molecule has 0 aromatic carbocycles. The number of nitrogens with zero attached hydrogens (tertiary/aromatic N) is 1. The number of piperazine rings is 1. The molecule has 0 spiro atoms. The summed E-state index contributed by atoms with van der Waals surface area (Å²) in [5.74, 6) is 0.0754. The Morgan fingerprint density at radius 3 is 2.72 bits per heavy atom. The molecular formula is C13H23N3O2. The van der Waals surface area contributed by atoms with Crippen LogP contribution in [0.15, 0.2) is 0 Å². The maximum absolute atomic E-state index is 12.7. The molecule has 1 heterocycles. The Hall–Kier alpha value is -1.10. The second-order valence-corrected chi connectivity index (χ2v) is 5.41. The van der Waals surface area contributed by atoms with Crippen molar-refractivity contribution < 1.29 is 9.59 Å². The highest BCUT2D eigenvalue weighted by molar-refractivity contribution is 5.91. The van der Waals surface area contributed by atoms with Crippen LogP contribution in [0, 0.1) is 5.41 Å². The number of nitrogens with one attached hydrogen (secondary N) is 1. The van der Waals surface area contributed by atoms with Crippen LogP contribution in [0.2, 0.25) is 0 Å². The molecule has 1 atom stereocenters. The van der Waals surface area contributed by atoms with Gasteiger partial charge in [0.2, 0.25) is 11.8 Å². The second kappa shape index (κ2) is 5.26. The maximum atomic E-state index is 12.7. The Labute approximate surface area is 108 Å². The molecule has 2 rings (SSSR count). The van der Waals surface area contributed by atoms with Gasteiger partial charge in [0.25, 0.3) is 0 Å². The minimum absolute atomic E-state index is 0.0257. The van der Waals surface area contributed by atoms with Gasteiger partial charge in [-0.1, -0.05) is 19.8 Å². The summed E-state index contributed by atoms with van der Waals surface area (Å²) >= 11 is 0. The van der Waals surface area contributed by atoms with Crippen LogP contribution in [0.3, 0.4) is 0 Å². The minimum Gasteiger partial charge on any atom is -0.353 e. The third-order valence-corrected chi connectivity index (χ3v) is 4.38. The molecule has 5 nitrogen and oxygen atoms in total. The Balaban J connectivity index is 2.18. The second-order valence-electron chi connectivity index (χ2n) is 5.41. The molecule has 3 N–H and O–H groups in total. The molecule has 1 aliphatic heterocycles. The highest BCUT2D eigenvalue weighted by Gasteiger charge is 2.45. The summed E-state index contributed by atoms with van der Waals surface area (Å²) in [6.07, 6.45) is 4.55. The number of carbonyl (C=O) groups excluding carboxylic acids is 2. The van der Waals surface area contributed by atoms with Gasteiger partial charge in [0, 0.05) is 19.6 Å². The third-order valence-electron chi connectivity index (χ3n) is 4.38. The number of amides is 2. The van der Waals surface area contributed by atoms with Crippen molar-refractivity contribution in [2.24, 2.45) is 11.1 Å². The topological polar surface area (TPSA) is 75.4 Å². The van der Waals surface area contributed by atoms with Crippen molar-refractivity contribution >= 4 is 11.8 Å². The van der Waals surface area contributed by atoms with Crippen molar-refractivity contribution in [3.8, 4) is 0 Å². The quantitative estimate of drug-likeness (QED) is 0.756. The summed E-state index contributed by atoms with van der Waals surface area (Å²) in [5.41, 5.74) is 5.45. The fourth-order valence-corrected chi connectivity index (χ4v) is 3.23. The van der Waals surface area contributed by atoms with Crippen molar-refractivity contribution in [3.63, 3.8) is 0 Å². The lowest BCUT2D eigenvalue weighted by Gasteiger charge is -2.40. The normalized spacial score (nSPS) is 27.1. The monoisotopic (exact) mass is 253 g/mol. The molecule has 1 aliphatic carbocycles. The number of nitrogens with two attached hydrogens (primary N) is 1. The van der Waals surface area contributed by atoms with E-state index in [1.165, 1.54) is 0 Å². The first-order chi connectivity index (χ1) is 8.64. The molecule has 0 aromatic heterocycles. The first-order valence-corrected chi connectivity index (χ1v) is 6.93. The van der Waals surface area contributed by atoms with E-state index in [4.69, 9.17) is 5.73 Å². The zero-order valence-corrected chi connectivity index (χ0v) is 11.1. The summed E-state index contributed by atoms with van der Waals surface area (Å²) in [7, 11) is 0. The minimum atomic E-state index is -0.398. The molecule has 0 bridgehead atoms. The first kappa shape index (κ1) is 13.3. The van der Waals surface area contributed by atoms with Gasteiger partial charge in [0.1, 0.15) is 6.04 Å². The van der Waals surface area contributed by atoms with E-state index >= 15 is 0 Å². The Bertz CT molecular complexity index is 337. The average Bonchev–Trinajstić information content (AvgIpc) is 2.87.